The van der Waals surface area contributed by atoms with Crippen LogP contribution in [0.3, 0.4) is 0 Å². The van der Waals surface area contributed by atoms with Crippen molar-refractivity contribution < 1.29 is 4.74 Å². The van der Waals surface area contributed by atoms with Crippen molar-refractivity contribution >= 4 is 0 Å². The van der Waals surface area contributed by atoms with Crippen molar-refractivity contribution in [2.75, 3.05) is 6.61 Å². The van der Waals surface area contributed by atoms with Gasteiger partial charge < -0.3 is 4.74 Å². The van der Waals surface area contributed by atoms with E-state index in [1.165, 1.54) is 5.56 Å². The first kappa shape index (κ1) is 12.6. The molecule has 2 nitrogen and oxygen atoms in total. The lowest BCUT2D eigenvalue weighted by atomic mass is 9.92. The predicted molar refractivity (Wildman–Crippen MR) is 65.3 cm³/mol. The topological polar surface area (TPSA) is 33.0 Å². The molecule has 0 aliphatic heterocycles. The summed E-state index contributed by atoms with van der Waals surface area (Å²) in [6.07, 6.45) is 1.79. The summed E-state index contributed by atoms with van der Waals surface area (Å²) in [5.74, 6) is 0.880. The first-order chi connectivity index (χ1) is 7.57. The Hall–Kier alpha value is -1.49. The van der Waals surface area contributed by atoms with Gasteiger partial charge in [-0.25, -0.2) is 0 Å². The minimum absolute atomic E-state index is 0.302. The van der Waals surface area contributed by atoms with E-state index in [1.54, 1.807) is 0 Å². The largest absolute Gasteiger partial charge is 0.494 e. The predicted octanol–water partition coefficient (Wildman–Crippen LogP) is 3.57. The Labute approximate surface area is 97.9 Å². The Bertz CT molecular complexity index is 359. The first-order valence-electron chi connectivity index (χ1n) is 5.70. The molecule has 1 aromatic carbocycles. The Kier molecular flexibility index (Phi) is 4.37. The van der Waals surface area contributed by atoms with Crippen molar-refractivity contribution in [1.29, 1.82) is 5.26 Å². The lowest BCUT2D eigenvalue weighted by molar-refractivity contribution is 0.264. The van der Waals surface area contributed by atoms with Gasteiger partial charge in [-0.05, 0) is 44.4 Å². The number of hydrogen-bond donors (Lipinski definition) is 0. The summed E-state index contributed by atoms with van der Waals surface area (Å²) in [5, 5.41) is 8.85. The van der Waals surface area contributed by atoms with Gasteiger partial charge in [0.2, 0.25) is 0 Å². The summed E-state index contributed by atoms with van der Waals surface area (Å²) >= 11 is 0. The van der Waals surface area contributed by atoms with Crippen molar-refractivity contribution in [3.8, 4) is 11.8 Å². The van der Waals surface area contributed by atoms with Gasteiger partial charge in [0.05, 0.1) is 18.1 Å². The average Bonchev–Trinajstić information content (AvgIpc) is 2.30. The number of rotatable bonds is 5. The fourth-order valence-corrected chi connectivity index (χ4v) is 1.30. The molecule has 0 unspecified atom stereocenters. The highest BCUT2D eigenvalue weighted by Crippen LogP contribution is 2.19. The van der Waals surface area contributed by atoms with Crippen molar-refractivity contribution in [2.24, 2.45) is 5.41 Å². The van der Waals surface area contributed by atoms with Crippen LogP contribution in [0.25, 0.3) is 0 Å². The minimum atomic E-state index is -0.302. The summed E-state index contributed by atoms with van der Waals surface area (Å²) in [4.78, 5) is 0. The molecule has 0 radical (unpaired) electrons. The van der Waals surface area contributed by atoms with E-state index in [1.807, 2.05) is 26.0 Å². The van der Waals surface area contributed by atoms with Gasteiger partial charge >= 0.3 is 0 Å². The van der Waals surface area contributed by atoms with Crippen LogP contribution in [0.5, 0.6) is 5.75 Å². The monoisotopic (exact) mass is 217 g/mol. The second-order valence-corrected chi connectivity index (χ2v) is 4.59. The van der Waals surface area contributed by atoms with Crippen molar-refractivity contribution in [2.45, 2.75) is 33.6 Å². The van der Waals surface area contributed by atoms with Crippen LogP contribution in [0.15, 0.2) is 24.3 Å². The lowest BCUT2D eigenvalue weighted by Crippen LogP contribution is -2.13. The highest BCUT2D eigenvalue weighted by atomic mass is 16.5. The quantitative estimate of drug-likeness (QED) is 0.755. The molecule has 2 heteroatoms. The Morgan fingerprint density at radius 3 is 2.38 bits per heavy atom. The Morgan fingerprint density at radius 1 is 1.25 bits per heavy atom. The van der Waals surface area contributed by atoms with Crippen LogP contribution in [-0.4, -0.2) is 6.61 Å². The van der Waals surface area contributed by atoms with Gasteiger partial charge in [-0.1, -0.05) is 19.1 Å². The average molecular weight is 217 g/mol. The first-order valence-corrected chi connectivity index (χ1v) is 5.70. The van der Waals surface area contributed by atoms with E-state index in [2.05, 4.69) is 25.1 Å². The molecule has 0 amide bonds. The fourth-order valence-electron chi connectivity index (χ4n) is 1.30. The molecule has 0 spiro atoms. The lowest BCUT2D eigenvalue weighted by Gasteiger charge is -2.15. The molecule has 0 saturated heterocycles. The number of aryl methyl sites for hydroxylation is 1. The Morgan fingerprint density at radius 2 is 1.88 bits per heavy atom. The third kappa shape index (κ3) is 3.94. The summed E-state index contributed by atoms with van der Waals surface area (Å²) in [5.41, 5.74) is 1.01. The van der Waals surface area contributed by atoms with E-state index in [4.69, 9.17) is 10.00 Å². The second-order valence-electron chi connectivity index (χ2n) is 4.59. The van der Waals surface area contributed by atoms with E-state index in [0.29, 0.717) is 6.61 Å². The molecule has 0 N–H and O–H groups in total. The molecule has 0 aliphatic carbocycles. The molecular formula is C14H19NO. The molecule has 16 heavy (non-hydrogen) atoms. The maximum atomic E-state index is 8.85. The number of nitrogens with zero attached hydrogens (tertiary/aromatic N) is 1. The van der Waals surface area contributed by atoms with Gasteiger partial charge in [-0.3, -0.25) is 0 Å². The zero-order chi connectivity index (χ0) is 12.0. The molecule has 86 valence electrons. The van der Waals surface area contributed by atoms with Crippen molar-refractivity contribution in [1.82, 2.24) is 0 Å². The van der Waals surface area contributed by atoms with Crippen molar-refractivity contribution in [3.05, 3.63) is 29.8 Å². The van der Waals surface area contributed by atoms with Crippen LogP contribution in [0.1, 0.15) is 32.8 Å². The molecule has 0 saturated carbocycles. The van der Waals surface area contributed by atoms with E-state index in [9.17, 15) is 0 Å². The van der Waals surface area contributed by atoms with Gasteiger partial charge in [0.1, 0.15) is 5.75 Å². The second kappa shape index (κ2) is 5.55. The van der Waals surface area contributed by atoms with Gasteiger partial charge in [0.15, 0.2) is 0 Å². The zero-order valence-electron chi connectivity index (χ0n) is 10.3. The number of ether oxygens (including phenoxy) is 1. The van der Waals surface area contributed by atoms with E-state index in [0.717, 1.165) is 18.6 Å². The summed E-state index contributed by atoms with van der Waals surface area (Å²) in [6.45, 7) is 6.57. The van der Waals surface area contributed by atoms with Gasteiger partial charge in [0, 0.05) is 0 Å². The molecule has 0 aliphatic rings. The molecule has 0 aromatic heterocycles. The van der Waals surface area contributed by atoms with Crippen LogP contribution >= 0.6 is 0 Å². The summed E-state index contributed by atoms with van der Waals surface area (Å²) in [7, 11) is 0. The molecule has 0 atom stereocenters. The van der Waals surface area contributed by atoms with E-state index >= 15 is 0 Å². The van der Waals surface area contributed by atoms with E-state index in [-0.39, 0.29) is 5.41 Å². The van der Waals surface area contributed by atoms with Crippen LogP contribution in [-0.2, 0) is 6.42 Å². The normalized spacial score (nSPS) is 10.9. The van der Waals surface area contributed by atoms with Crippen LogP contribution < -0.4 is 4.74 Å². The number of benzene rings is 1. The highest BCUT2D eigenvalue weighted by Gasteiger charge is 2.16. The van der Waals surface area contributed by atoms with Crippen LogP contribution in [0.4, 0.5) is 0 Å². The third-order valence-corrected chi connectivity index (χ3v) is 2.63. The van der Waals surface area contributed by atoms with Crippen molar-refractivity contribution in [3.63, 3.8) is 0 Å². The molecular weight excluding hydrogens is 198 g/mol. The minimum Gasteiger partial charge on any atom is -0.494 e. The maximum Gasteiger partial charge on any atom is 0.119 e. The highest BCUT2D eigenvalue weighted by molar-refractivity contribution is 5.27. The smallest absolute Gasteiger partial charge is 0.119 e. The van der Waals surface area contributed by atoms with E-state index < -0.39 is 0 Å². The van der Waals surface area contributed by atoms with Crippen LogP contribution in [0.2, 0.25) is 0 Å². The summed E-state index contributed by atoms with van der Waals surface area (Å²) < 4.78 is 5.59. The maximum absolute atomic E-state index is 8.85. The molecule has 1 rings (SSSR count). The summed E-state index contributed by atoms with van der Waals surface area (Å²) in [6, 6.07) is 10.4. The van der Waals surface area contributed by atoms with Crippen LogP contribution in [0, 0.1) is 16.7 Å². The van der Waals surface area contributed by atoms with Gasteiger partial charge in [-0.15, -0.1) is 0 Å². The number of nitriles is 1. The molecule has 0 fully saturated rings. The fraction of sp³-hybridized carbons (Fsp3) is 0.500. The van der Waals surface area contributed by atoms with Gasteiger partial charge in [0.25, 0.3) is 0 Å². The molecule has 1 aromatic rings. The molecule has 0 heterocycles. The third-order valence-electron chi connectivity index (χ3n) is 2.63. The zero-order valence-corrected chi connectivity index (χ0v) is 10.3. The number of hydrogen-bond acceptors (Lipinski definition) is 2. The Balaban J connectivity index is 2.41. The molecule has 0 bridgehead atoms. The van der Waals surface area contributed by atoms with Gasteiger partial charge in [-0.2, -0.15) is 5.26 Å². The standard InChI is InChI=1S/C14H19NO/c1-4-12-5-7-13(8-6-12)16-10-9-14(2,3)11-15/h5-8H,4,9-10H2,1-3H3. The SMILES string of the molecule is CCc1ccc(OCCC(C)(C)C#N)cc1.